The second kappa shape index (κ2) is 4.18. The maximum Gasteiger partial charge on any atom is 0.423 e. The van der Waals surface area contributed by atoms with Crippen molar-refractivity contribution in [2.24, 2.45) is 0 Å². The lowest BCUT2D eigenvalue weighted by molar-refractivity contribution is -0.388. The van der Waals surface area contributed by atoms with Crippen LogP contribution in [-0.4, -0.2) is 4.92 Å². The summed E-state index contributed by atoms with van der Waals surface area (Å²) in [6.07, 6.45) is -5.35. The third-order valence-corrected chi connectivity index (χ3v) is 1.88. The van der Waals surface area contributed by atoms with Gasteiger partial charge in [0.15, 0.2) is 0 Å². The van der Waals surface area contributed by atoms with Crippen molar-refractivity contribution in [1.29, 1.82) is 5.26 Å². The first kappa shape index (κ1) is 12.0. The molecule has 7 heteroatoms. The first-order valence-corrected chi connectivity index (χ1v) is 4.08. The van der Waals surface area contributed by atoms with Crippen LogP contribution in [0.4, 0.5) is 18.9 Å². The summed E-state index contributed by atoms with van der Waals surface area (Å²) in [7, 11) is 0. The van der Waals surface area contributed by atoms with Gasteiger partial charge in [-0.3, -0.25) is 10.1 Å². The summed E-state index contributed by atoms with van der Waals surface area (Å²) in [4.78, 5) is 9.34. The molecule has 0 saturated heterocycles. The van der Waals surface area contributed by atoms with Crippen LogP contribution in [0.25, 0.3) is 0 Å². The zero-order chi connectivity index (χ0) is 12.3. The van der Waals surface area contributed by atoms with E-state index in [4.69, 9.17) is 5.26 Å². The molecule has 1 rings (SSSR count). The van der Waals surface area contributed by atoms with Gasteiger partial charge in [0.2, 0.25) is 0 Å². The molecular formula is C9H5F3N2O2. The number of rotatable bonds is 2. The van der Waals surface area contributed by atoms with E-state index in [1.54, 1.807) is 6.07 Å². The monoisotopic (exact) mass is 230 g/mol. The average molecular weight is 230 g/mol. The number of alkyl halides is 3. The number of hydrogen-bond acceptors (Lipinski definition) is 3. The Balaban J connectivity index is 3.48. The Kier molecular flexibility index (Phi) is 3.13. The molecule has 16 heavy (non-hydrogen) atoms. The maximum atomic E-state index is 12.6. The summed E-state index contributed by atoms with van der Waals surface area (Å²) < 4.78 is 37.7. The molecule has 0 bridgehead atoms. The van der Waals surface area contributed by atoms with E-state index in [9.17, 15) is 23.3 Å². The highest BCUT2D eigenvalue weighted by Crippen LogP contribution is 2.38. The van der Waals surface area contributed by atoms with Gasteiger partial charge in [0.1, 0.15) is 5.56 Å². The SMILES string of the molecule is N#CCc1cccc([N+](=O)[O-])c1C(F)(F)F. The molecule has 0 heterocycles. The highest BCUT2D eigenvalue weighted by atomic mass is 19.4. The minimum Gasteiger partial charge on any atom is -0.258 e. The number of benzene rings is 1. The third kappa shape index (κ3) is 2.28. The number of halogens is 3. The zero-order valence-corrected chi connectivity index (χ0v) is 7.78. The number of nitriles is 1. The van der Waals surface area contributed by atoms with Crippen LogP contribution in [0.2, 0.25) is 0 Å². The first-order valence-electron chi connectivity index (χ1n) is 4.08. The lowest BCUT2D eigenvalue weighted by Gasteiger charge is -2.10. The van der Waals surface area contributed by atoms with Gasteiger partial charge in [0, 0.05) is 6.07 Å². The summed E-state index contributed by atoms with van der Waals surface area (Å²) in [6.45, 7) is 0. The van der Waals surface area contributed by atoms with E-state index in [1.807, 2.05) is 0 Å². The van der Waals surface area contributed by atoms with Crippen LogP contribution in [0.15, 0.2) is 18.2 Å². The maximum absolute atomic E-state index is 12.6. The van der Waals surface area contributed by atoms with Crippen molar-refractivity contribution >= 4 is 5.69 Å². The number of nitrogens with zero attached hydrogens (tertiary/aromatic N) is 2. The van der Waals surface area contributed by atoms with Gasteiger partial charge in [-0.05, 0) is 5.56 Å². The molecule has 1 aromatic carbocycles. The van der Waals surface area contributed by atoms with Gasteiger partial charge in [-0.25, -0.2) is 0 Å². The molecule has 0 fully saturated rings. The van der Waals surface area contributed by atoms with Crippen molar-refractivity contribution in [2.75, 3.05) is 0 Å². The van der Waals surface area contributed by atoms with E-state index in [2.05, 4.69) is 0 Å². The predicted octanol–water partition coefficient (Wildman–Crippen LogP) is 2.68. The fraction of sp³-hybridized carbons (Fsp3) is 0.222. The van der Waals surface area contributed by atoms with E-state index >= 15 is 0 Å². The normalized spacial score (nSPS) is 10.9. The Morgan fingerprint density at radius 1 is 1.44 bits per heavy atom. The van der Waals surface area contributed by atoms with Crippen molar-refractivity contribution in [3.63, 3.8) is 0 Å². The van der Waals surface area contributed by atoms with Gasteiger partial charge < -0.3 is 0 Å². The lowest BCUT2D eigenvalue weighted by atomic mass is 10.0. The Hall–Kier alpha value is -2.10. The highest BCUT2D eigenvalue weighted by molar-refractivity contribution is 5.48. The summed E-state index contributed by atoms with van der Waals surface area (Å²) >= 11 is 0. The van der Waals surface area contributed by atoms with Crippen molar-refractivity contribution in [1.82, 2.24) is 0 Å². The largest absolute Gasteiger partial charge is 0.423 e. The molecule has 4 nitrogen and oxygen atoms in total. The minimum atomic E-state index is -4.84. The quantitative estimate of drug-likeness (QED) is 0.579. The van der Waals surface area contributed by atoms with Gasteiger partial charge in [0.05, 0.1) is 17.4 Å². The fourth-order valence-corrected chi connectivity index (χ4v) is 1.30. The number of nitro benzene ring substituents is 1. The van der Waals surface area contributed by atoms with Crippen LogP contribution in [0.5, 0.6) is 0 Å². The Labute approximate surface area is 88.1 Å². The third-order valence-electron chi connectivity index (χ3n) is 1.88. The van der Waals surface area contributed by atoms with Gasteiger partial charge in [0.25, 0.3) is 5.69 Å². The van der Waals surface area contributed by atoms with Crippen molar-refractivity contribution < 1.29 is 18.1 Å². The standard InChI is InChI=1S/C9H5F3N2O2/c10-9(11,12)8-6(4-5-13)2-1-3-7(8)14(15)16/h1-3H,4H2. The zero-order valence-electron chi connectivity index (χ0n) is 7.78. The molecule has 0 aliphatic heterocycles. The van der Waals surface area contributed by atoms with E-state index < -0.39 is 28.8 Å². The first-order chi connectivity index (χ1) is 7.38. The smallest absolute Gasteiger partial charge is 0.258 e. The van der Waals surface area contributed by atoms with Crippen molar-refractivity contribution in [2.45, 2.75) is 12.6 Å². The summed E-state index contributed by atoms with van der Waals surface area (Å²) in [5.41, 5.74) is -2.76. The molecule has 0 saturated carbocycles. The Morgan fingerprint density at radius 3 is 2.50 bits per heavy atom. The van der Waals surface area contributed by atoms with Crippen LogP contribution in [0.3, 0.4) is 0 Å². The van der Waals surface area contributed by atoms with E-state index in [0.29, 0.717) is 0 Å². The van der Waals surface area contributed by atoms with Gasteiger partial charge >= 0.3 is 6.18 Å². The van der Waals surface area contributed by atoms with Crippen LogP contribution < -0.4 is 0 Å². The van der Waals surface area contributed by atoms with E-state index in [1.165, 1.54) is 0 Å². The van der Waals surface area contributed by atoms with Crippen LogP contribution in [0, 0.1) is 21.4 Å². The van der Waals surface area contributed by atoms with Crippen LogP contribution in [-0.2, 0) is 12.6 Å². The highest BCUT2D eigenvalue weighted by Gasteiger charge is 2.40. The van der Waals surface area contributed by atoms with E-state index in [0.717, 1.165) is 18.2 Å². The van der Waals surface area contributed by atoms with E-state index in [-0.39, 0.29) is 5.56 Å². The molecule has 0 aliphatic rings. The lowest BCUT2D eigenvalue weighted by Crippen LogP contribution is -2.12. The molecule has 0 aromatic heterocycles. The Morgan fingerprint density at radius 2 is 2.06 bits per heavy atom. The van der Waals surface area contributed by atoms with Gasteiger partial charge in [-0.1, -0.05) is 12.1 Å². The van der Waals surface area contributed by atoms with Crippen molar-refractivity contribution in [3.8, 4) is 6.07 Å². The van der Waals surface area contributed by atoms with Crippen molar-refractivity contribution in [3.05, 3.63) is 39.4 Å². The second-order valence-corrected chi connectivity index (χ2v) is 2.90. The van der Waals surface area contributed by atoms with Gasteiger partial charge in [-0.2, -0.15) is 18.4 Å². The molecule has 84 valence electrons. The average Bonchev–Trinajstić information content (AvgIpc) is 2.16. The molecule has 1 aromatic rings. The topological polar surface area (TPSA) is 66.9 Å². The second-order valence-electron chi connectivity index (χ2n) is 2.90. The molecule has 0 aliphatic carbocycles. The molecule has 0 amide bonds. The molecule has 0 spiro atoms. The predicted molar refractivity (Wildman–Crippen MR) is 47.4 cm³/mol. The fourth-order valence-electron chi connectivity index (χ4n) is 1.30. The summed E-state index contributed by atoms with van der Waals surface area (Å²) in [6, 6.07) is 4.49. The Bertz CT molecular complexity index is 463. The van der Waals surface area contributed by atoms with Gasteiger partial charge in [-0.15, -0.1) is 0 Å². The minimum absolute atomic E-state index is 0.385. The molecule has 0 radical (unpaired) electrons. The molecular weight excluding hydrogens is 225 g/mol. The summed E-state index contributed by atoms with van der Waals surface area (Å²) in [5, 5.41) is 18.8. The molecule has 0 unspecified atom stereocenters. The summed E-state index contributed by atoms with van der Waals surface area (Å²) in [5.74, 6) is 0. The molecule has 0 N–H and O–H groups in total. The van der Waals surface area contributed by atoms with Crippen LogP contribution in [0.1, 0.15) is 11.1 Å². The number of hydrogen-bond donors (Lipinski definition) is 0. The number of nitro groups is 1. The van der Waals surface area contributed by atoms with Crippen LogP contribution >= 0.6 is 0 Å². The molecule has 0 atom stereocenters.